The van der Waals surface area contributed by atoms with Crippen LogP contribution in [-0.4, -0.2) is 89.2 Å². The standard InChI is InChI=1S/C31H44N4O6S/c1-22(36)32-26(12-19-42(2)40)29(38)35-16-11-25-24(21-35)10-6-7-13-31(14-17-41-18-15-31)30(39)34-27(28(37)33-25)20-23-8-4-3-5-9-23/h3-9,24-27H,10-21H2,1-2H3,(H,32,36)(H,33,37)(H,34,39)/b7-6+/t24-,25+,26-,27+,42?/m0/s1. The van der Waals surface area contributed by atoms with Crippen LogP contribution in [0.15, 0.2) is 42.5 Å². The fourth-order valence-corrected chi connectivity index (χ4v) is 6.76. The van der Waals surface area contributed by atoms with Gasteiger partial charge in [0.1, 0.15) is 12.1 Å². The van der Waals surface area contributed by atoms with Crippen LogP contribution in [0.1, 0.15) is 51.0 Å². The van der Waals surface area contributed by atoms with E-state index in [1.807, 2.05) is 30.3 Å². The largest absolute Gasteiger partial charge is 0.381 e. The number of piperidine rings is 1. The molecule has 3 N–H and O–H groups in total. The Hall–Kier alpha value is -3.05. The van der Waals surface area contributed by atoms with E-state index in [0.29, 0.717) is 77.0 Å². The van der Waals surface area contributed by atoms with Gasteiger partial charge in [0.2, 0.25) is 23.6 Å². The van der Waals surface area contributed by atoms with Crippen LogP contribution in [0.5, 0.6) is 0 Å². The van der Waals surface area contributed by atoms with Crippen LogP contribution in [-0.2, 0) is 41.1 Å². The third-order valence-corrected chi connectivity index (χ3v) is 9.50. The number of nitrogens with zero attached hydrogens (tertiary/aromatic N) is 1. The number of nitrogens with one attached hydrogen (secondary N) is 3. The van der Waals surface area contributed by atoms with E-state index in [9.17, 15) is 23.4 Å². The first-order valence-corrected chi connectivity index (χ1v) is 16.6. The third-order valence-electron chi connectivity index (χ3n) is 8.69. The highest BCUT2D eigenvalue weighted by Gasteiger charge is 2.42. The van der Waals surface area contributed by atoms with Crippen LogP contribution in [0, 0.1) is 11.3 Å². The number of ether oxygens (including phenoxy) is 1. The minimum Gasteiger partial charge on any atom is -0.381 e. The summed E-state index contributed by atoms with van der Waals surface area (Å²) in [7, 11) is -1.09. The summed E-state index contributed by atoms with van der Waals surface area (Å²) < 4.78 is 17.3. The molecule has 0 bridgehead atoms. The summed E-state index contributed by atoms with van der Waals surface area (Å²) in [4.78, 5) is 54.6. The maximum atomic E-state index is 13.8. The van der Waals surface area contributed by atoms with Gasteiger partial charge in [-0.3, -0.25) is 23.4 Å². The Morgan fingerprint density at radius 1 is 1.14 bits per heavy atom. The molecule has 4 amide bonds. The molecule has 0 saturated carbocycles. The van der Waals surface area contributed by atoms with Crippen LogP contribution >= 0.6 is 0 Å². The van der Waals surface area contributed by atoms with Gasteiger partial charge in [-0.1, -0.05) is 42.5 Å². The van der Waals surface area contributed by atoms with Crippen molar-refractivity contribution >= 4 is 34.4 Å². The first kappa shape index (κ1) is 31.9. The van der Waals surface area contributed by atoms with E-state index in [0.717, 1.165) is 5.56 Å². The van der Waals surface area contributed by atoms with Gasteiger partial charge >= 0.3 is 0 Å². The lowest BCUT2D eigenvalue weighted by atomic mass is 9.75. The molecule has 3 aliphatic heterocycles. The minimum absolute atomic E-state index is 0.0423. The van der Waals surface area contributed by atoms with Crippen LogP contribution in [0.4, 0.5) is 0 Å². The fourth-order valence-electron chi connectivity index (χ4n) is 6.19. The number of hydrogen-bond donors (Lipinski definition) is 3. The van der Waals surface area contributed by atoms with Crippen LogP contribution in [0.25, 0.3) is 0 Å². The van der Waals surface area contributed by atoms with E-state index >= 15 is 0 Å². The third kappa shape index (κ3) is 8.50. The normalized spacial score (nSPS) is 26.8. The van der Waals surface area contributed by atoms with Crippen molar-refractivity contribution < 1.29 is 28.1 Å². The van der Waals surface area contributed by atoms with Gasteiger partial charge in [0, 0.05) is 74.4 Å². The zero-order valence-corrected chi connectivity index (χ0v) is 25.5. The number of likely N-dealkylation sites (tertiary alicyclic amines) is 1. The van der Waals surface area contributed by atoms with E-state index in [1.54, 1.807) is 11.2 Å². The Morgan fingerprint density at radius 3 is 2.57 bits per heavy atom. The molecule has 3 aliphatic rings. The van der Waals surface area contributed by atoms with Crippen molar-refractivity contribution in [2.45, 2.75) is 70.0 Å². The molecular formula is C31H44N4O6S. The van der Waals surface area contributed by atoms with E-state index in [1.165, 1.54) is 6.92 Å². The molecule has 2 fully saturated rings. The number of allylic oxidation sites excluding steroid dienone is 2. The number of amides is 4. The second-order valence-electron chi connectivity index (χ2n) is 11.8. The Kier molecular flexibility index (Phi) is 11.3. The van der Waals surface area contributed by atoms with Gasteiger partial charge in [0.15, 0.2) is 0 Å². The Bertz CT molecular complexity index is 1170. The molecule has 42 heavy (non-hydrogen) atoms. The summed E-state index contributed by atoms with van der Waals surface area (Å²) in [5.74, 6) is -0.557. The SMILES string of the molecule is CC(=O)N[C@@H](CCS(C)=O)C(=O)N1CC[C@H]2NC(=O)[C@@H](Cc3ccccc3)NC(=O)C3(C/C=C/C[C@H]2C1)CCOCC3. The number of carbonyl (C=O) groups is 4. The van der Waals surface area contributed by atoms with Crippen molar-refractivity contribution in [2.75, 3.05) is 38.3 Å². The van der Waals surface area contributed by atoms with Gasteiger partial charge in [-0.2, -0.15) is 0 Å². The van der Waals surface area contributed by atoms with Gasteiger partial charge in [-0.15, -0.1) is 0 Å². The van der Waals surface area contributed by atoms with Crippen molar-refractivity contribution in [3.05, 3.63) is 48.0 Å². The predicted molar refractivity (Wildman–Crippen MR) is 161 cm³/mol. The summed E-state index contributed by atoms with van der Waals surface area (Å²) in [5.41, 5.74) is 0.321. The molecule has 5 atom stereocenters. The van der Waals surface area contributed by atoms with Crippen molar-refractivity contribution in [2.24, 2.45) is 11.3 Å². The predicted octanol–water partition coefficient (Wildman–Crippen LogP) is 1.47. The quantitative estimate of drug-likeness (QED) is 0.406. The Labute approximate surface area is 250 Å². The second kappa shape index (κ2) is 14.9. The van der Waals surface area contributed by atoms with Gasteiger partial charge < -0.3 is 25.6 Å². The van der Waals surface area contributed by atoms with E-state index in [2.05, 4.69) is 28.1 Å². The minimum atomic E-state index is -1.09. The van der Waals surface area contributed by atoms with E-state index in [4.69, 9.17) is 4.74 Å². The number of fused-ring (bicyclic) bond motifs is 1. The lowest BCUT2D eigenvalue weighted by Crippen LogP contribution is -2.59. The van der Waals surface area contributed by atoms with Crippen molar-refractivity contribution in [1.29, 1.82) is 0 Å². The molecule has 0 aliphatic carbocycles. The second-order valence-corrected chi connectivity index (χ2v) is 13.3. The van der Waals surface area contributed by atoms with Gasteiger partial charge in [0.25, 0.3) is 0 Å². The lowest BCUT2D eigenvalue weighted by Gasteiger charge is -2.41. The summed E-state index contributed by atoms with van der Waals surface area (Å²) in [6, 6.07) is 8.02. The summed E-state index contributed by atoms with van der Waals surface area (Å²) in [6.45, 7) is 3.22. The van der Waals surface area contributed by atoms with Crippen LogP contribution in [0.3, 0.4) is 0 Å². The van der Waals surface area contributed by atoms with Gasteiger partial charge in [-0.25, -0.2) is 0 Å². The highest BCUT2D eigenvalue weighted by molar-refractivity contribution is 7.84. The first-order valence-electron chi connectivity index (χ1n) is 14.9. The summed E-state index contributed by atoms with van der Waals surface area (Å²) >= 11 is 0. The van der Waals surface area contributed by atoms with Gasteiger partial charge in [0.05, 0.1) is 5.41 Å². The maximum absolute atomic E-state index is 13.8. The number of hydrogen-bond acceptors (Lipinski definition) is 6. The Morgan fingerprint density at radius 2 is 1.88 bits per heavy atom. The molecular weight excluding hydrogens is 556 g/mol. The highest BCUT2D eigenvalue weighted by Crippen LogP contribution is 2.36. The smallest absolute Gasteiger partial charge is 0.245 e. The molecule has 10 nitrogen and oxygen atoms in total. The summed E-state index contributed by atoms with van der Waals surface area (Å²) in [6.07, 6.45) is 9.31. The average molecular weight is 601 g/mol. The zero-order chi connectivity index (χ0) is 30.1. The maximum Gasteiger partial charge on any atom is 0.245 e. The van der Waals surface area contributed by atoms with E-state index < -0.39 is 28.3 Å². The van der Waals surface area contributed by atoms with Crippen LogP contribution in [0.2, 0.25) is 0 Å². The number of carbonyl (C=O) groups excluding carboxylic acids is 4. The monoisotopic (exact) mass is 600 g/mol. The molecule has 1 aromatic carbocycles. The molecule has 1 spiro atoms. The molecule has 0 radical (unpaired) electrons. The van der Waals surface area contributed by atoms with Crippen LogP contribution < -0.4 is 16.0 Å². The fraction of sp³-hybridized carbons (Fsp3) is 0.613. The number of benzene rings is 1. The first-order chi connectivity index (χ1) is 20.2. The summed E-state index contributed by atoms with van der Waals surface area (Å²) in [5, 5.41) is 9.06. The molecule has 4 rings (SSSR count). The molecule has 3 heterocycles. The average Bonchev–Trinajstić information content (AvgIpc) is 2.97. The highest BCUT2D eigenvalue weighted by atomic mass is 32.2. The Balaban J connectivity index is 1.56. The zero-order valence-electron chi connectivity index (χ0n) is 24.6. The van der Waals surface area contributed by atoms with Crippen molar-refractivity contribution in [3.8, 4) is 0 Å². The topological polar surface area (TPSA) is 134 Å². The van der Waals surface area contributed by atoms with Crippen molar-refractivity contribution in [3.63, 3.8) is 0 Å². The molecule has 1 unspecified atom stereocenters. The molecule has 0 aromatic heterocycles. The molecule has 2 saturated heterocycles. The van der Waals surface area contributed by atoms with E-state index in [-0.39, 0.29) is 35.6 Å². The number of rotatable bonds is 7. The van der Waals surface area contributed by atoms with Crippen molar-refractivity contribution in [1.82, 2.24) is 20.9 Å². The lowest BCUT2D eigenvalue weighted by molar-refractivity contribution is -0.141. The molecule has 11 heteroatoms. The van der Waals surface area contributed by atoms with Gasteiger partial charge in [-0.05, 0) is 44.1 Å². The molecule has 1 aromatic rings. The molecule has 230 valence electrons.